The van der Waals surface area contributed by atoms with Crippen LogP contribution >= 0.6 is 0 Å². The molecule has 5 heteroatoms. The molecule has 1 aromatic rings. The predicted octanol–water partition coefficient (Wildman–Crippen LogP) is 2.76. The number of benzene rings is 1. The summed E-state index contributed by atoms with van der Waals surface area (Å²) in [4.78, 5) is 22.8. The van der Waals surface area contributed by atoms with E-state index in [1.165, 1.54) is 12.1 Å². The minimum atomic E-state index is -1.01. The maximum Gasteiger partial charge on any atom is 0.335 e. The number of rotatable bonds is 3. The largest absolute Gasteiger partial charge is 0.478 e. The Hall–Kier alpha value is -2.04. The summed E-state index contributed by atoms with van der Waals surface area (Å²) in [5, 5.41) is 14.6. The van der Waals surface area contributed by atoms with E-state index in [9.17, 15) is 9.59 Å². The molecule has 0 spiro atoms. The Labute approximate surface area is 112 Å². The summed E-state index contributed by atoms with van der Waals surface area (Å²) in [6.07, 6.45) is 3.09. The second-order valence-corrected chi connectivity index (χ2v) is 5.33. The van der Waals surface area contributed by atoms with E-state index in [0.717, 1.165) is 24.8 Å². The molecule has 0 radical (unpaired) electrons. The molecule has 1 saturated carbocycles. The molecule has 0 aromatic heterocycles. The number of urea groups is 1. The first-order valence-electron chi connectivity index (χ1n) is 6.33. The highest BCUT2D eigenvalue weighted by Gasteiger charge is 2.33. The molecule has 1 aliphatic rings. The van der Waals surface area contributed by atoms with Crippen LogP contribution in [0.1, 0.15) is 42.1 Å². The van der Waals surface area contributed by atoms with Gasteiger partial charge in [-0.3, -0.25) is 0 Å². The Morgan fingerprint density at radius 2 is 2.00 bits per heavy atom. The Kier molecular flexibility index (Phi) is 3.46. The average Bonchev–Trinajstić information content (AvgIpc) is 2.29. The number of nitrogens with one attached hydrogen (secondary N) is 2. The molecule has 5 nitrogen and oxygen atoms in total. The highest BCUT2D eigenvalue weighted by Crippen LogP contribution is 2.31. The molecule has 0 atom stereocenters. The minimum Gasteiger partial charge on any atom is -0.478 e. The molecule has 0 bridgehead atoms. The molecule has 1 fully saturated rings. The Morgan fingerprint density at radius 1 is 1.32 bits per heavy atom. The number of carboxylic acids is 1. The lowest BCUT2D eigenvalue weighted by Crippen LogP contribution is -2.52. The number of aromatic carboxylic acids is 1. The van der Waals surface area contributed by atoms with E-state index >= 15 is 0 Å². The van der Waals surface area contributed by atoms with Crippen LogP contribution in [0.2, 0.25) is 0 Å². The van der Waals surface area contributed by atoms with Crippen molar-refractivity contribution in [3.8, 4) is 0 Å². The predicted molar refractivity (Wildman–Crippen MR) is 72.5 cm³/mol. The van der Waals surface area contributed by atoms with E-state index in [-0.39, 0.29) is 17.1 Å². The second-order valence-electron chi connectivity index (χ2n) is 5.33. The van der Waals surface area contributed by atoms with Gasteiger partial charge in [-0.1, -0.05) is 6.07 Å². The SMILES string of the molecule is Cc1ccc(C(=O)O)cc1NC(=O)NC1(C)CCC1. The van der Waals surface area contributed by atoms with Gasteiger partial charge in [0.15, 0.2) is 0 Å². The molecule has 0 heterocycles. The van der Waals surface area contributed by atoms with Crippen molar-refractivity contribution < 1.29 is 14.7 Å². The number of aryl methyl sites for hydroxylation is 1. The molecule has 0 unspecified atom stereocenters. The Bertz CT molecular complexity index is 521. The van der Waals surface area contributed by atoms with Gasteiger partial charge in [-0.05, 0) is 50.8 Å². The van der Waals surface area contributed by atoms with Crippen LogP contribution in [-0.4, -0.2) is 22.6 Å². The highest BCUT2D eigenvalue weighted by atomic mass is 16.4. The quantitative estimate of drug-likeness (QED) is 0.783. The molecule has 0 saturated heterocycles. The zero-order valence-corrected chi connectivity index (χ0v) is 11.1. The summed E-state index contributed by atoms with van der Waals surface area (Å²) in [6.45, 7) is 3.84. The van der Waals surface area contributed by atoms with Crippen molar-refractivity contribution in [3.05, 3.63) is 29.3 Å². The van der Waals surface area contributed by atoms with Gasteiger partial charge in [0.25, 0.3) is 0 Å². The van der Waals surface area contributed by atoms with E-state index < -0.39 is 5.97 Å². The van der Waals surface area contributed by atoms with Crippen LogP contribution in [0.25, 0.3) is 0 Å². The molecule has 102 valence electrons. The molecule has 3 N–H and O–H groups in total. The lowest BCUT2D eigenvalue weighted by atomic mass is 9.79. The summed E-state index contributed by atoms with van der Waals surface area (Å²) in [6, 6.07) is 4.39. The summed E-state index contributed by atoms with van der Waals surface area (Å²) in [7, 11) is 0. The topological polar surface area (TPSA) is 78.4 Å². The number of hydrogen-bond donors (Lipinski definition) is 3. The number of hydrogen-bond acceptors (Lipinski definition) is 2. The molecule has 0 aliphatic heterocycles. The third kappa shape index (κ3) is 3.05. The number of carboxylic acid groups (broad SMARTS) is 1. The van der Waals surface area contributed by atoms with Crippen LogP contribution in [0.3, 0.4) is 0 Å². The monoisotopic (exact) mass is 262 g/mol. The van der Waals surface area contributed by atoms with E-state index in [1.54, 1.807) is 6.07 Å². The van der Waals surface area contributed by atoms with Crippen molar-refractivity contribution in [1.82, 2.24) is 5.32 Å². The summed E-state index contributed by atoms with van der Waals surface area (Å²) < 4.78 is 0. The van der Waals surface area contributed by atoms with Crippen molar-refractivity contribution in [3.63, 3.8) is 0 Å². The third-order valence-corrected chi connectivity index (χ3v) is 3.61. The molecule has 1 aliphatic carbocycles. The molecule has 2 amide bonds. The van der Waals surface area contributed by atoms with Crippen molar-refractivity contribution in [2.75, 3.05) is 5.32 Å². The van der Waals surface area contributed by atoms with Gasteiger partial charge in [-0.2, -0.15) is 0 Å². The molecule has 2 rings (SSSR count). The van der Waals surface area contributed by atoms with Gasteiger partial charge in [0.2, 0.25) is 0 Å². The Balaban J connectivity index is 2.07. The maximum absolute atomic E-state index is 11.9. The van der Waals surface area contributed by atoms with Gasteiger partial charge in [-0.15, -0.1) is 0 Å². The van der Waals surface area contributed by atoms with Crippen LogP contribution in [0, 0.1) is 6.92 Å². The van der Waals surface area contributed by atoms with Crippen LogP contribution in [0.15, 0.2) is 18.2 Å². The Morgan fingerprint density at radius 3 is 2.53 bits per heavy atom. The minimum absolute atomic E-state index is 0.123. The molecular formula is C14H18N2O3. The van der Waals surface area contributed by atoms with E-state index in [1.807, 2.05) is 13.8 Å². The van der Waals surface area contributed by atoms with E-state index in [4.69, 9.17) is 5.11 Å². The fourth-order valence-corrected chi connectivity index (χ4v) is 2.15. The van der Waals surface area contributed by atoms with Crippen LogP contribution in [-0.2, 0) is 0 Å². The molecule has 19 heavy (non-hydrogen) atoms. The fraction of sp³-hybridized carbons (Fsp3) is 0.429. The zero-order chi connectivity index (χ0) is 14.0. The van der Waals surface area contributed by atoms with Gasteiger partial charge in [0.1, 0.15) is 0 Å². The normalized spacial score (nSPS) is 16.3. The van der Waals surface area contributed by atoms with Gasteiger partial charge < -0.3 is 15.7 Å². The summed E-state index contributed by atoms with van der Waals surface area (Å²) >= 11 is 0. The van der Waals surface area contributed by atoms with Gasteiger partial charge in [0.05, 0.1) is 5.56 Å². The fourth-order valence-electron chi connectivity index (χ4n) is 2.15. The lowest BCUT2D eigenvalue weighted by molar-refractivity contribution is 0.0697. The first-order chi connectivity index (χ1) is 8.89. The van der Waals surface area contributed by atoms with Gasteiger partial charge in [-0.25, -0.2) is 9.59 Å². The van der Waals surface area contributed by atoms with Crippen molar-refractivity contribution >= 4 is 17.7 Å². The highest BCUT2D eigenvalue weighted by molar-refractivity contribution is 5.94. The van der Waals surface area contributed by atoms with Crippen molar-refractivity contribution in [2.24, 2.45) is 0 Å². The maximum atomic E-state index is 11.9. The van der Waals surface area contributed by atoms with Gasteiger partial charge >= 0.3 is 12.0 Å². The average molecular weight is 262 g/mol. The number of anilines is 1. The number of carbonyl (C=O) groups excluding carboxylic acids is 1. The van der Waals surface area contributed by atoms with Crippen LogP contribution < -0.4 is 10.6 Å². The first-order valence-corrected chi connectivity index (χ1v) is 6.33. The van der Waals surface area contributed by atoms with Crippen LogP contribution in [0.5, 0.6) is 0 Å². The second kappa shape index (κ2) is 4.91. The third-order valence-electron chi connectivity index (χ3n) is 3.61. The summed E-state index contributed by atoms with van der Waals surface area (Å²) in [5.74, 6) is -1.01. The summed E-state index contributed by atoms with van der Waals surface area (Å²) in [5.41, 5.74) is 1.40. The molecular weight excluding hydrogens is 244 g/mol. The van der Waals surface area contributed by atoms with Crippen LogP contribution in [0.4, 0.5) is 10.5 Å². The smallest absolute Gasteiger partial charge is 0.335 e. The van der Waals surface area contributed by atoms with Crippen molar-refractivity contribution in [2.45, 2.75) is 38.6 Å². The standard InChI is InChI=1S/C14H18N2O3/c1-9-4-5-10(12(17)18)8-11(9)15-13(19)16-14(2)6-3-7-14/h4-5,8H,3,6-7H2,1-2H3,(H,17,18)(H2,15,16,19). The lowest BCUT2D eigenvalue weighted by Gasteiger charge is -2.39. The molecule has 1 aromatic carbocycles. The number of carbonyl (C=O) groups is 2. The van der Waals surface area contributed by atoms with E-state index in [0.29, 0.717) is 5.69 Å². The number of amides is 2. The van der Waals surface area contributed by atoms with Gasteiger partial charge in [0, 0.05) is 11.2 Å². The van der Waals surface area contributed by atoms with E-state index in [2.05, 4.69) is 10.6 Å². The zero-order valence-electron chi connectivity index (χ0n) is 11.1. The van der Waals surface area contributed by atoms with Crippen molar-refractivity contribution in [1.29, 1.82) is 0 Å². The first kappa shape index (κ1) is 13.4.